The van der Waals surface area contributed by atoms with Gasteiger partial charge in [-0.3, -0.25) is 0 Å². The zero-order valence-corrected chi connectivity index (χ0v) is 7.15. The molecule has 0 radical (unpaired) electrons. The second-order valence-electron chi connectivity index (χ2n) is 2.93. The fourth-order valence-corrected chi connectivity index (χ4v) is 1.27. The smallest absolute Gasteiger partial charge is 0.163 e. The predicted octanol–water partition coefficient (Wildman–Crippen LogP) is 1.77. The molecule has 0 bridgehead atoms. The van der Waals surface area contributed by atoms with Crippen LogP contribution < -0.4 is 0 Å². The van der Waals surface area contributed by atoms with E-state index in [0.717, 1.165) is 6.42 Å². The molecule has 1 heterocycles. The Morgan fingerprint density at radius 3 is 2.70 bits per heavy atom. The first-order valence-electron chi connectivity index (χ1n) is 3.52. The Morgan fingerprint density at radius 1 is 1.60 bits per heavy atom. The van der Waals surface area contributed by atoms with Crippen molar-refractivity contribution in [1.82, 2.24) is 0 Å². The highest BCUT2D eigenvalue weighted by molar-refractivity contribution is 6.17. The molecule has 0 spiro atoms. The van der Waals surface area contributed by atoms with E-state index < -0.39 is 5.79 Å². The molecular formula is C7H13ClO2. The van der Waals surface area contributed by atoms with Gasteiger partial charge in [0.15, 0.2) is 5.79 Å². The Labute approximate surface area is 66.5 Å². The molecule has 1 aliphatic heterocycles. The normalized spacial score (nSPS) is 30.9. The lowest BCUT2D eigenvalue weighted by Gasteiger charge is -2.16. The van der Waals surface area contributed by atoms with E-state index in [0.29, 0.717) is 12.5 Å². The third-order valence-electron chi connectivity index (χ3n) is 1.50. The molecule has 60 valence electrons. The molecule has 10 heavy (non-hydrogen) atoms. The van der Waals surface area contributed by atoms with E-state index in [-0.39, 0.29) is 6.10 Å². The third-order valence-corrected chi connectivity index (χ3v) is 1.72. The first-order valence-corrected chi connectivity index (χ1v) is 4.05. The largest absolute Gasteiger partial charge is 0.348 e. The van der Waals surface area contributed by atoms with Crippen molar-refractivity contribution in [2.24, 2.45) is 0 Å². The fourth-order valence-electron chi connectivity index (χ4n) is 1.03. The second kappa shape index (κ2) is 3.07. The van der Waals surface area contributed by atoms with Crippen molar-refractivity contribution >= 4 is 11.6 Å². The van der Waals surface area contributed by atoms with Crippen LogP contribution in [0.3, 0.4) is 0 Å². The van der Waals surface area contributed by atoms with Crippen LogP contribution in [0.4, 0.5) is 0 Å². The van der Waals surface area contributed by atoms with Gasteiger partial charge in [0.05, 0.1) is 12.7 Å². The van der Waals surface area contributed by atoms with Crippen LogP contribution >= 0.6 is 11.6 Å². The van der Waals surface area contributed by atoms with Crippen molar-refractivity contribution in [2.45, 2.75) is 32.2 Å². The zero-order valence-electron chi connectivity index (χ0n) is 6.39. The summed E-state index contributed by atoms with van der Waals surface area (Å²) in [7, 11) is 0. The quantitative estimate of drug-likeness (QED) is 0.580. The molecule has 1 saturated heterocycles. The number of hydrogen-bond acceptors (Lipinski definition) is 2. The standard InChI is InChI=1S/C7H13ClO2/c1-7(2)9-5-6(10-7)3-4-8/h6H,3-5H2,1-2H3/t6-/m1/s1. The van der Waals surface area contributed by atoms with Gasteiger partial charge in [0.25, 0.3) is 0 Å². The Balaban J connectivity index is 2.29. The molecule has 0 aromatic heterocycles. The molecule has 0 N–H and O–H groups in total. The number of halogens is 1. The summed E-state index contributed by atoms with van der Waals surface area (Å²) in [5, 5.41) is 0. The van der Waals surface area contributed by atoms with E-state index in [1.54, 1.807) is 0 Å². The Kier molecular flexibility index (Phi) is 2.55. The van der Waals surface area contributed by atoms with E-state index >= 15 is 0 Å². The molecule has 0 saturated carbocycles. The van der Waals surface area contributed by atoms with Crippen LogP contribution in [0.5, 0.6) is 0 Å². The molecule has 1 atom stereocenters. The minimum absolute atomic E-state index is 0.201. The van der Waals surface area contributed by atoms with Crippen molar-refractivity contribution < 1.29 is 9.47 Å². The van der Waals surface area contributed by atoms with Gasteiger partial charge in [-0.1, -0.05) is 0 Å². The lowest BCUT2D eigenvalue weighted by molar-refractivity contribution is -0.138. The summed E-state index contributed by atoms with van der Waals surface area (Å²) < 4.78 is 10.8. The summed E-state index contributed by atoms with van der Waals surface area (Å²) in [6.07, 6.45) is 1.08. The fraction of sp³-hybridized carbons (Fsp3) is 1.00. The molecule has 0 amide bonds. The van der Waals surface area contributed by atoms with Gasteiger partial charge in [0, 0.05) is 5.88 Å². The molecule has 1 fully saturated rings. The lowest BCUT2D eigenvalue weighted by atomic mass is 10.3. The summed E-state index contributed by atoms with van der Waals surface area (Å²) in [4.78, 5) is 0. The van der Waals surface area contributed by atoms with E-state index in [9.17, 15) is 0 Å². The third kappa shape index (κ3) is 2.11. The highest BCUT2D eigenvalue weighted by Crippen LogP contribution is 2.23. The first kappa shape index (κ1) is 8.31. The summed E-state index contributed by atoms with van der Waals surface area (Å²) in [5.74, 6) is 0.251. The van der Waals surface area contributed by atoms with E-state index in [1.165, 1.54) is 0 Å². The first-order chi connectivity index (χ1) is 4.64. The van der Waals surface area contributed by atoms with Crippen LogP contribution in [0.25, 0.3) is 0 Å². The van der Waals surface area contributed by atoms with Crippen molar-refractivity contribution in [3.8, 4) is 0 Å². The Hall–Kier alpha value is 0.210. The van der Waals surface area contributed by atoms with Gasteiger partial charge >= 0.3 is 0 Å². The monoisotopic (exact) mass is 164 g/mol. The van der Waals surface area contributed by atoms with Gasteiger partial charge < -0.3 is 9.47 Å². The molecule has 0 aromatic rings. The highest BCUT2D eigenvalue weighted by atomic mass is 35.5. The minimum Gasteiger partial charge on any atom is -0.348 e. The predicted molar refractivity (Wildman–Crippen MR) is 40.2 cm³/mol. The maximum atomic E-state index is 5.54. The molecular weight excluding hydrogens is 152 g/mol. The van der Waals surface area contributed by atoms with Crippen LogP contribution in [0.15, 0.2) is 0 Å². The Morgan fingerprint density at radius 2 is 2.30 bits per heavy atom. The second-order valence-corrected chi connectivity index (χ2v) is 3.31. The van der Waals surface area contributed by atoms with Crippen LogP contribution in [0.1, 0.15) is 20.3 Å². The lowest BCUT2D eigenvalue weighted by Crippen LogP contribution is -2.21. The number of alkyl halides is 1. The van der Waals surface area contributed by atoms with E-state index in [1.807, 2.05) is 13.8 Å². The molecule has 3 heteroatoms. The van der Waals surface area contributed by atoms with Gasteiger partial charge in [-0.05, 0) is 20.3 Å². The number of ether oxygens (including phenoxy) is 2. The van der Waals surface area contributed by atoms with Crippen molar-refractivity contribution in [2.75, 3.05) is 12.5 Å². The van der Waals surface area contributed by atoms with Gasteiger partial charge in [-0.15, -0.1) is 11.6 Å². The molecule has 2 nitrogen and oxygen atoms in total. The summed E-state index contributed by atoms with van der Waals surface area (Å²) >= 11 is 5.54. The van der Waals surface area contributed by atoms with Gasteiger partial charge in [0.2, 0.25) is 0 Å². The summed E-state index contributed by atoms with van der Waals surface area (Å²) in [6, 6.07) is 0. The molecule has 0 unspecified atom stereocenters. The van der Waals surface area contributed by atoms with Gasteiger partial charge in [-0.25, -0.2) is 0 Å². The van der Waals surface area contributed by atoms with Gasteiger partial charge in [-0.2, -0.15) is 0 Å². The number of rotatable bonds is 2. The van der Waals surface area contributed by atoms with Gasteiger partial charge in [0.1, 0.15) is 0 Å². The number of hydrogen-bond donors (Lipinski definition) is 0. The Bertz CT molecular complexity index is 114. The van der Waals surface area contributed by atoms with E-state index in [2.05, 4.69) is 0 Å². The van der Waals surface area contributed by atoms with Crippen molar-refractivity contribution in [1.29, 1.82) is 0 Å². The summed E-state index contributed by atoms with van der Waals surface area (Å²) in [6.45, 7) is 4.52. The SMILES string of the molecule is CC1(C)OC[C@@H](CCCl)O1. The van der Waals surface area contributed by atoms with Crippen molar-refractivity contribution in [3.63, 3.8) is 0 Å². The zero-order chi connectivity index (χ0) is 7.61. The highest BCUT2D eigenvalue weighted by Gasteiger charge is 2.31. The summed E-state index contributed by atoms with van der Waals surface area (Å²) in [5.41, 5.74) is 0. The molecule has 1 rings (SSSR count). The minimum atomic E-state index is -0.392. The van der Waals surface area contributed by atoms with Crippen LogP contribution in [-0.2, 0) is 9.47 Å². The average Bonchev–Trinajstić information content (AvgIpc) is 2.12. The maximum absolute atomic E-state index is 5.54. The average molecular weight is 165 g/mol. The molecule has 1 aliphatic rings. The maximum Gasteiger partial charge on any atom is 0.163 e. The van der Waals surface area contributed by atoms with Crippen LogP contribution in [0.2, 0.25) is 0 Å². The van der Waals surface area contributed by atoms with Crippen LogP contribution in [-0.4, -0.2) is 24.4 Å². The van der Waals surface area contributed by atoms with E-state index in [4.69, 9.17) is 21.1 Å². The molecule has 0 aromatic carbocycles. The van der Waals surface area contributed by atoms with Crippen LogP contribution in [0, 0.1) is 0 Å². The molecule has 0 aliphatic carbocycles. The topological polar surface area (TPSA) is 18.5 Å². The van der Waals surface area contributed by atoms with Crippen molar-refractivity contribution in [3.05, 3.63) is 0 Å².